The van der Waals surface area contributed by atoms with Crippen LogP contribution in [-0.4, -0.2) is 52.6 Å². The molecule has 1 aliphatic rings. The molecule has 7 heteroatoms. The van der Waals surface area contributed by atoms with E-state index in [4.69, 9.17) is 4.98 Å². The van der Waals surface area contributed by atoms with Crippen LogP contribution >= 0.6 is 0 Å². The lowest BCUT2D eigenvalue weighted by Gasteiger charge is -2.18. The van der Waals surface area contributed by atoms with Gasteiger partial charge in [0.15, 0.2) is 5.82 Å². The van der Waals surface area contributed by atoms with E-state index in [1.165, 1.54) is 12.1 Å². The van der Waals surface area contributed by atoms with Gasteiger partial charge in [-0.2, -0.15) is 5.10 Å². The van der Waals surface area contributed by atoms with Gasteiger partial charge in [-0.1, -0.05) is 12.1 Å². The maximum Gasteiger partial charge on any atom is 0.256 e. The third-order valence-corrected chi connectivity index (χ3v) is 4.81. The maximum absolute atomic E-state index is 13.9. The van der Waals surface area contributed by atoms with E-state index >= 15 is 0 Å². The third-order valence-electron chi connectivity index (χ3n) is 4.81. The molecule has 134 valence electrons. The molecule has 4 rings (SSSR count). The van der Waals surface area contributed by atoms with Crippen molar-refractivity contribution in [1.82, 2.24) is 19.5 Å². The van der Waals surface area contributed by atoms with Crippen LogP contribution in [0.15, 0.2) is 42.7 Å². The zero-order valence-corrected chi connectivity index (χ0v) is 14.8. The molecule has 26 heavy (non-hydrogen) atoms. The molecule has 0 radical (unpaired) electrons. The van der Waals surface area contributed by atoms with Crippen molar-refractivity contribution in [3.63, 3.8) is 0 Å². The largest absolute Gasteiger partial charge is 0.361 e. The fourth-order valence-corrected chi connectivity index (χ4v) is 3.44. The summed E-state index contributed by atoms with van der Waals surface area (Å²) in [5, 5.41) is 4.33. The molecule has 1 atom stereocenters. The highest BCUT2D eigenvalue weighted by molar-refractivity contribution is 5.94. The van der Waals surface area contributed by atoms with Crippen molar-refractivity contribution < 1.29 is 9.18 Å². The van der Waals surface area contributed by atoms with Crippen LogP contribution < -0.4 is 4.90 Å². The van der Waals surface area contributed by atoms with Gasteiger partial charge in [0.1, 0.15) is 11.3 Å². The Balaban J connectivity index is 1.60. The number of likely N-dealkylation sites (tertiary alicyclic amines) is 1. The van der Waals surface area contributed by atoms with Gasteiger partial charge in [0.2, 0.25) is 0 Å². The summed E-state index contributed by atoms with van der Waals surface area (Å²) < 4.78 is 15.7. The lowest BCUT2D eigenvalue weighted by atomic mass is 10.1. The van der Waals surface area contributed by atoms with E-state index in [-0.39, 0.29) is 17.4 Å². The first-order valence-corrected chi connectivity index (χ1v) is 8.60. The fourth-order valence-electron chi connectivity index (χ4n) is 3.44. The van der Waals surface area contributed by atoms with E-state index in [9.17, 15) is 9.18 Å². The van der Waals surface area contributed by atoms with Gasteiger partial charge in [-0.05, 0) is 24.6 Å². The molecule has 2 aromatic heterocycles. The monoisotopic (exact) mass is 353 g/mol. The van der Waals surface area contributed by atoms with Crippen molar-refractivity contribution in [1.29, 1.82) is 0 Å². The summed E-state index contributed by atoms with van der Waals surface area (Å²) in [6.45, 7) is 1.12. The summed E-state index contributed by atoms with van der Waals surface area (Å²) in [7, 11) is 3.89. The van der Waals surface area contributed by atoms with Crippen LogP contribution in [0.3, 0.4) is 0 Å². The molecule has 1 saturated heterocycles. The van der Waals surface area contributed by atoms with Crippen LogP contribution in [0.1, 0.15) is 28.4 Å². The number of amides is 1. The first-order valence-electron chi connectivity index (χ1n) is 8.60. The molecule has 3 heterocycles. The summed E-state index contributed by atoms with van der Waals surface area (Å²) in [5.41, 5.74) is 1.96. The molecular formula is C19H20FN5O. The Bertz CT molecular complexity index is 967. The van der Waals surface area contributed by atoms with Crippen molar-refractivity contribution >= 4 is 17.2 Å². The molecule has 0 bridgehead atoms. The number of hydrogen-bond acceptors (Lipinski definition) is 4. The molecule has 1 amide bonds. The Morgan fingerprint density at radius 2 is 2.08 bits per heavy atom. The van der Waals surface area contributed by atoms with Crippen molar-refractivity contribution in [2.75, 3.05) is 32.1 Å². The minimum Gasteiger partial charge on any atom is -0.361 e. The molecule has 0 unspecified atom stereocenters. The number of benzene rings is 1. The Hall–Kier alpha value is -2.96. The minimum atomic E-state index is -0.480. The third kappa shape index (κ3) is 2.79. The average Bonchev–Trinajstić information content (AvgIpc) is 3.29. The first kappa shape index (κ1) is 16.5. The fraction of sp³-hybridized carbons (Fsp3) is 0.316. The van der Waals surface area contributed by atoms with Crippen molar-refractivity contribution in [2.45, 2.75) is 12.3 Å². The van der Waals surface area contributed by atoms with Gasteiger partial charge in [-0.3, -0.25) is 4.79 Å². The highest BCUT2D eigenvalue weighted by Gasteiger charge is 2.30. The van der Waals surface area contributed by atoms with Crippen LogP contribution in [0.2, 0.25) is 0 Å². The number of carbonyl (C=O) groups is 1. The number of hydrogen-bond donors (Lipinski definition) is 0. The van der Waals surface area contributed by atoms with Crippen LogP contribution in [0, 0.1) is 5.82 Å². The highest BCUT2D eigenvalue weighted by Crippen LogP contribution is 2.29. The first-order chi connectivity index (χ1) is 12.5. The molecule has 1 aromatic carbocycles. The summed E-state index contributed by atoms with van der Waals surface area (Å²) in [5.74, 6) is 0.211. The Morgan fingerprint density at radius 3 is 2.85 bits per heavy atom. The maximum atomic E-state index is 13.9. The standard InChI is InChI=1S/C19H20FN5O/c1-23(2)18-17-7-9-21-25(17)12-16(22-18)13-8-10-24(11-13)19(26)14-5-3-4-6-15(14)20/h3-7,9,12-13H,8,10-11H2,1-2H3/t13-/m0/s1. The second kappa shape index (κ2) is 6.40. The number of fused-ring (bicyclic) bond motifs is 1. The molecule has 0 aliphatic carbocycles. The van der Waals surface area contributed by atoms with Gasteiger partial charge < -0.3 is 9.80 Å². The summed E-state index contributed by atoms with van der Waals surface area (Å²) in [6, 6.07) is 8.04. The predicted octanol–water partition coefficient (Wildman–Crippen LogP) is 2.56. The molecule has 0 spiro atoms. The Kier molecular flexibility index (Phi) is 4.06. The number of carbonyl (C=O) groups excluding carboxylic acids is 1. The molecule has 1 fully saturated rings. The van der Waals surface area contributed by atoms with Crippen molar-refractivity contribution in [3.8, 4) is 0 Å². The average molecular weight is 353 g/mol. The summed E-state index contributed by atoms with van der Waals surface area (Å²) in [4.78, 5) is 21.1. The lowest BCUT2D eigenvalue weighted by molar-refractivity contribution is 0.0786. The molecule has 6 nitrogen and oxygen atoms in total. The summed E-state index contributed by atoms with van der Waals surface area (Å²) in [6.07, 6.45) is 4.47. The topological polar surface area (TPSA) is 53.7 Å². The smallest absolute Gasteiger partial charge is 0.256 e. The lowest BCUT2D eigenvalue weighted by Crippen LogP contribution is -2.29. The second-order valence-electron chi connectivity index (χ2n) is 6.76. The number of nitrogens with zero attached hydrogens (tertiary/aromatic N) is 5. The molecular weight excluding hydrogens is 333 g/mol. The van der Waals surface area contributed by atoms with E-state index < -0.39 is 5.82 Å². The van der Waals surface area contributed by atoms with Crippen LogP contribution in [-0.2, 0) is 0 Å². The molecule has 0 saturated carbocycles. The normalized spacial score (nSPS) is 17.0. The Labute approximate surface area is 150 Å². The van der Waals surface area contributed by atoms with Gasteiger partial charge >= 0.3 is 0 Å². The minimum absolute atomic E-state index is 0.109. The summed E-state index contributed by atoms with van der Waals surface area (Å²) >= 11 is 0. The highest BCUT2D eigenvalue weighted by atomic mass is 19.1. The van der Waals surface area contributed by atoms with Crippen molar-refractivity contribution in [3.05, 3.63) is 59.8 Å². The van der Waals surface area contributed by atoms with Gasteiger partial charge in [0.05, 0.1) is 23.7 Å². The zero-order chi connectivity index (χ0) is 18.3. The molecule has 3 aromatic rings. The van der Waals surface area contributed by atoms with E-state index in [1.807, 2.05) is 35.8 Å². The number of aromatic nitrogens is 3. The van der Waals surface area contributed by atoms with Gasteiger partial charge in [0, 0.05) is 33.1 Å². The van der Waals surface area contributed by atoms with Gasteiger partial charge in [-0.15, -0.1) is 0 Å². The number of halogens is 1. The van der Waals surface area contributed by atoms with Crippen LogP contribution in [0.5, 0.6) is 0 Å². The van der Waals surface area contributed by atoms with Crippen LogP contribution in [0.4, 0.5) is 10.2 Å². The predicted molar refractivity (Wildman–Crippen MR) is 97.0 cm³/mol. The van der Waals surface area contributed by atoms with E-state index in [1.54, 1.807) is 23.2 Å². The quantitative estimate of drug-likeness (QED) is 0.726. The van der Waals surface area contributed by atoms with Gasteiger partial charge in [0.25, 0.3) is 5.91 Å². The van der Waals surface area contributed by atoms with Gasteiger partial charge in [-0.25, -0.2) is 13.9 Å². The number of anilines is 1. The second-order valence-corrected chi connectivity index (χ2v) is 6.76. The zero-order valence-electron chi connectivity index (χ0n) is 14.8. The molecule has 0 N–H and O–H groups in total. The SMILES string of the molecule is CN(C)c1nc([C@H]2CCN(C(=O)c3ccccc3F)C2)cn2nccc12. The Morgan fingerprint density at radius 1 is 1.27 bits per heavy atom. The van der Waals surface area contributed by atoms with E-state index in [0.29, 0.717) is 13.1 Å². The van der Waals surface area contributed by atoms with Crippen molar-refractivity contribution in [2.24, 2.45) is 0 Å². The molecule has 1 aliphatic heterocycles. The van der Waals surface area contributed by atoms with E-state index in [2.05, 4.69) is 5.10 Å². The van der Waals surface area contributed by atoms with Crippen LogP contribution in [0.25, 0.3) is 5.52 Å². The van der Waals surface area contributed by atoms with E-state index in [0.717, 1.165) is 23.4 Å². The number of rotatable bonds is 3.